The number of carbonyl (C=O) groups excluding carboxylic acids is 1. The lowest BCUT2D eigenvalue weighted by Crippen LogP contribution is -2.63. The first kappa shape index (κ1) is 24.0. The Hall–Kier alpha value is -3.13. The van der Waals surface area contributed by atoms with Crippen LogP contribution in [0.3, 0.4) is 0 Å². The van der Waals surface area contributed by atoms with E-state index in [1.165, 1.54) is 18.9 Å². The molecule has 1 aliphatic heterocycles. The summed E-state index contributed by atoms with van der Waals surface area (Å²) in [4.78, 5) is 22.5. The molecule has 0 aromatic heterocycles. The lowest BCUT2D eigenvalue weighted by molar-refractivity contribution is -0.205. The Kier molecular flexibility index (Phi) is 7.07. The van der Waals surface area contributed by atoms with Crippen LogP contribution >= 0.6 is 11.8 Å². The summed E-state index contributed by atoms with van der Waals surface area (Å²) in [6.45, 7) is 4.86. The molecule has 1 fully saturated rings. The number of aliphatic hydroxyl groups is 1. The van der Waals surface area contributed by atoms with Crippen molar-refractivity contribution in [2.24, 2.45) is 4.99 Å². The van der Waals surface area contributed by atoms with Gasteiger partial charge in [-0.1, -0.05) is 78.5 Å². The number of likely N-dealkylation sites (N-methyl/N-ethyl adjacent to an activating group) is 1. The van der Waals surface area contributed by atoms with E-state index < -0.39 is 10.7 Å². The van der Waals surface area contributed by atoms with Crippen LogP contribution in [0, 0.1) is 0 Å². The highest BCUT2D eigenvalue weighted by molar-refractivity contribution is 8.16. The maximum atomic E-state index is 14.3. The zero-order valence-electron chi connectivity index (χ0n) is 19.6. The highest BCUT2D eigenvalue weighted by Gasteiger charge is 2.70. The number of ether oxygens (including phenoxy) is 1. The van der Waals surface area contributed by atoms with E-state index >= 15 is 0 Å². The Morgan fingerprint density at radius 1 is 0.941 bits per heavy atom. The predicted molar refractivity (Wildman–Crippen MR) is 138 cm³/mol. The number of hydrogen-bond donors (Lipinski definition) is 1. The molecule has 3 aromatic carbocycles. The summed E-state index contributed by atoms with van der Waals surface area (Å²) in [5, 5.41) is 12.9. The zero-order chi connectivity index (χ0) is 24.2. The van der Waals surface area contributed by atoms with Gasteiger partial charge in [-0.3, -0.25) is 9.69 Å². The number of thioether (sulfide) groups is 1. The molecule has 0 radical (unpaired) electrons. The SMILES string of the molecule is CCN(CC)C(=O)C1(c2ccccc2)SC(=Nc2ccccc2)N(c2ccccc2)C1(O)OC. The molecule has 1 N–H and O–H groups in total. The summed E-state index contributed by atoms with van der Waals surface area (Å²) < 4.78 is 4.38. The standard InChI is InChI=1S/C27H29N3O3S/c1-4-29(5-2)24(31)26(21-15-9-6-10-16-21)27(32,33-3)30(23-19-13-8-14-20-23)25(34-26)28-22-17-11-7-12-18-22/h6-20,32H,4-5H2,1-3H3. The van der Waals surface area contributed by atoms with Gasteiger partial charge < -0.3 is 14.7 Å². The van der Waals surface area contributed by atoms with Gasteiger partial charge in [0.05, 0.1) is 5.69 Å². The number of benzene rings is 3. The van der Waals surface area contributed by atoms with Crippen molar-refractivity contribution in [2.45, 2.75) is 24.5 Å². The molecule has 0 spiro atoms. The minimum absolute atomic E-state index is 0.239. The number of rotatable bonds is 7. The number of para-hydroxylation sites is 2. The third-order valence-electron chi connectivity index (χ3n) is 6.01. The summed E-state index contributed by atoms with van der Waals surface area (Å²) >= 11 is 1.22. The molecule has 6 nitrogen and oxygen atoms in total. The molecule has 2 unspecified atom stereocenters. The van der Waals surface area contributed by atoms with E-state index in [1.54, 1.807) is 9.80 Å². The van der Waals surface area contributed by atoms with E-state index in [1.807, 2.05) is 105 Å². The van der Waals surface area contributed by atoms with Crippen molar-refractivity contribution in [1.29, 1.82) is 0 Å². The molecular weight excluding hydrogens is 446 g/mol. The number of methoxy groups -OCH3 is 1. The van der Waals surface area contributed by atoms with Gasteiger partial charge in [0.25, 0.3) is 11.8 Å². The molecule has 0 aliphatic carbocycles. The Morgan fingerprint density at radius 3 is 2.00 bits per heavy atom. The molecule has 2 atom stereocenters. The highest BCUT2D eigenvalue weighted by Crippen LogP contribution is 2.57. The molecule has 1 aliphatic rings. The van der Waals surface area contributed by atoms with Gasteiger partial charge >= 0.3 is 0 Å². The Morgan fingerprint density at radius 2 is 1.47 bits per heavy atom. The molecule has 34 heavy (non-hydrogen) atoms. The summed E-state index contributed by atoms with van der Waals surface area (Å²) in [6.07, 6.45) is 0. The van der Waals surface area contributed by atoms with E-state index in [-0.39, 0.29) is 5.91 Å². The Balaban J connectivity index is 2.03. The van der Waals surface area contributed by atoms with Crippen molar-refractivity contribution in [3.63, 3.8) is 0 Å². The fourth-order valence-electron chi connectivity index (χ4n) is 4.28. The van der Waals surface area contributed by atoms with Crippen molar-refractivity contribution in [3.8, 4) is 0 Å². The Labute approximate surface area is 204 Å². The normalized spacial score (nSPS) is 23.3. The van der Waals surface area contributed by atoms with Crippen LogP contribution in [0.2, 0.25) is 0 Å². The van der Waals surface area contributed by atoms with Gasteiger partial charge in [-0.05, 0) is 43.7 Å². The van der Waals surface area contributed by atoms with Gasteiger partial charge in [0.15, 0.2) is 5.17 Å². The van der Waals surface area contributed by atoms with Crippen LogP contribution in [-0.4, -0.2) is 47.2 Å². The fraction of sp³-hybridized carbons (Fsp3) is 0.259. The third-order valence-corrected chi connectivity index (χ3v) is 7.45. The molecule has 7 heteroatoms. The average molecular weight is 476 g/mol. The molecule has 1 heterocycles. The lowest BCUT2D eigenvalue weighted by atomic mass is 9.90. The van der Waals surface area contributed by atoms with E-state index in [4.69, 9.17) is 9.73 Å². The fourth-order valence-corrected chi connectivity index (χ4v) is 5.80. The number of amides is 1. The van der Waals surface area contributed by atoms with Crippen molar-refractivity contribution in [2.75, 3.05) is 25.1 Å². The minimum atomic E-state index is -2.05. The zero-order valence-corrected chi connectivity index (χ0v) is 20.4. The van der Waals surface area contributed by atoms with E-state index in [2.05, 4.69) is 0 Å². The van der Waals surface area contributed by atoms with Crippen molar-refractivity contribution in [1.82, 2.24) is 4.90 Å². The van der Waals surface area contributed by atoms with Gasteiger partial charge in [0.2, 0.25) is 4.75 Å². The topological polar surface area (TPSA) is 65.4 Å². The number of hydrogen-bond acceptors (Lipinski definition) is 5. The van der Waals surface area contributed by atoms with E-state index in [9.17, 15) is 9.90 Å². The monoisotopic (exact) mass is 475 g/mol. The molecular formula is C27H29N3O3S. The quantitative estimate of drug-likeness (QED) is 0.488. The third kappa shape index (κ3) is 3.90. The first-order chi connectivity index (χ1) is 16.5. The average Bonchev–Trinajstić information content (AvgIpc) is 3.15. The molecule has 1 saturated heterocycles. The first-order valence-electron chi connectivity index (χ1n) is 11.3. The van der Waals surface area contributed by atoms with Gasteiger partial charge in [-0.15, -0.1) is 0 Å². The van der Waals surface area contributed by atoms with Crippen LogP contribution in [0.1, 0.15) is 19.4 Å². The smallest absolute Gasteiger partial charge is 0.284 e. The van der Waals surface area contributed by atoms with Gasteiger partial charge in [-0.2, -0.15) is 0 Å². The van der Waals surface area contributed by atoms with Crippen LogP contribution in [0.4, 0.5) is 11.4 Å². The van der Waals surface area contributed by atoms with Crippen LogP contribution in [0.5, 0.6) is 0 Å². The van der Waals surface area contributed by atoms with Gasteiger partial charge in [0.1, 0.15) is 0 Å². The first-order valence-corrected chi connectivity index (χ1v) is 12.1. The molecule has 0 saturated carbocycles. The van der Waals surface area contributed by atoms with E-state index in [0.717, 1.165) is 0 Å². The number of carbonyl (C=O) groups is 1. The minimum Gasteiger partial charge on any atom is -0.347 e. The molecule has 176 valence electrons. The molecule has 0 bridgehead atoms. The van der Waals surface area contributed by atoms with Crippen LogP contribution < -0.4 is 4.90 Å². The number of aliphatic imine (C=N–C) groups is 1. The number of amidine groups is 1. The van der Waals surface area contributed by atoms with E-state index in [0.29, 0.717) is 35.2 Å². The second-order valence-electron chi connectivity index (χ2n) is 7.84. The summed E-state index contributed by atoms with van der Waals surface area (Å²) in [6, 6.07) is 28.2. The van der Waals surface area contributed by atoms with Gasteiger partial charge in [-0.25, -0.2) is 4.99 Å². The van der Waals surface area contributed by atoms with Gasteiger partial charge in [0, 0.05) is 25.9 Å². The maximum absolute atomic E-state index is 14.3. The maximum Gasteiger partial charge on any atom is 0.284 e. The number of nitrogens with zero attached hydrogens (tertiary/aromatic N) is 3. The van der Waals surface area contributed by atoms with Crippen molar-refractivity contribution < 1.29 is 14.6 Å². The number of anilines is 1. The Bertz CT molecular complexity index is 1140. The molecule has 1 amide bonds. The van der Waals surface area contributed by atoms with Crippen LogP contribution in [-0.2, 0) is 14.3 Å². The molecule has 3 aromatic rings. The van der Waals surface area contributed by atoms with Crippen LogP contribution in [0.25, 0.3) is 0 Å². The largest absolute Gasteiger partial charge is 0.347 e. The lowest BCUT2D eigenvalue weighted by Gasteiger charge is -2.43. The second-order valence-corrected chi connectivity index (χ2v) is 9.02. The second kappa shape index (κ2) is 10.0. The summed E-state index contributed by atoms with van der Waals surface area (Å²) in [5.74, 6) is -2.29. The molecule has 4 rings (SSSR count). The highest BCUT2D eigenvalue weighted by atomic mass is 32.2. The summed E-state index contributed by atoms with van der Waals surface area (Å²) in [5.41, 5.74) is 2.02. The van der Waals surface area contributed by atoms with Crippen molar-refractivity contribution >= 4 is 34.2 Å². The predicted octanol–water partition coefficient (Wildman–Crippen LogP) is 4.98. The van der Waals surface area contributed by atoms with Crippen molar-refractivity contribution in [3.05, 3.63) is 96.6 Å². The van der Waals surface area contributed by atoms with Crippen LogP contribution in [0.15, 0.2) is 96.0 Å². The summed E-state index contributed by atoms with van der Waals surface area (Å²) in [7, 11) is 1.43.